The van der Waals surface area contributed by atoms with Gasteiger partial charge in [-0.15, -0.1) is 0 Å². The van der Waals surface area contributed by atoms with Crippen LogP contribution in [0.3, 0.4) is 0 Å². The van der Waals surface area contributed by atoms with Crippen LogP contribution >= 0.6 is 0 Å². The van der Waals surface area contributed by atoms with Crippen molar-refractivity contribution in [2.24, 2.45) is 5.92 Å². The average molecular weight is 410 g/mol. The standard InChI is InChI=1S/C22H26N4O4/c1-15-13-23-22(24-15)26-20(28)12-17-10-6-3-7-11-19(27)25-18(14-30-21(17)29)16-8-4-2-5-9-16/h2-6,8-9,13,17-18H,7,10-12,14H2,1H3,(H,25,27)(H2,23,24,26,28)/b6-3+/t17-,18-/m0/s1. The monoisotopic (exact) mass is 410 g/mol. The van der Waals surface area contributed by atoms with Crippen LogP contribution in [-0.2, 0) is 19.1 Å². The molecule has 0 aliphatic carbocycles. The lowest BCUT2D eigenvalue weighted by Crippen LogP contribution is -2.33. The number of rotatable bonds is 4. The number of hydrogen-bond acceptors (Lipinski definition) is 5. The molecule has 2 aromatic rings. The summed E-state index contributed by atoms with van der Waals surface area (Å²) in [6.07, 6.45) is 6.53. The van der Waals surface area contributed by atoms with Crippen LogP contribution in [-0.4, -0.2) is 34.4 Å². The highest BCUT2D eigenvalue weighted by Crippen LogP contribution is 2.19. The minimum absolute atomic E-state index is 0.00774. The Kier molecular flexibility index (Phi) is 7.37. The number of nitrogens with one attached hydrogen (secondary N) is 3. The Hall–Kier alpha value is -3.42. The zero-order valence-electron chi connectivity index (χ0n) is 16.9. The Morgan fingerprint density at radius 2 is 2.03 bits per heavy atom. The van der Waals surface area contributed by atoms with Crippen molar-refractivity contribution >= 4 is 23.7 Å². The minimum Gasteiger partial charge on any atom is -0.463 e. The first-order valence-corrected chi connectivity index (χ1v) is 9.98. The second-order valence-corrected chi connectivity index (χ2v) is 7.27. The molecule has 3 N–H and O–H groups in total. The number of benzene rings is 1. The predicted octanol–water partition coefficient (Wildman–Crippen LogP) is 2.80. The van der Waals surface area contributed by atoms with Gasteiger partial charge in [-0.25, -0.2) is 4.98 Å². The van der Waals surface area contributed by atoms with E-state index in [9.17, 15) is 14.4 Å². The van der Waals surface area contributed by atoms with E-state index in [0.29, 0.717) is 25.2 Å². The number of carbonyl (C=O) groups is 3. The van der Waals surface area contributed by atoms with Crippen molar-refractivity contribution in [1.82, 2.24) is 15.3 Å². The molecule has 3 rings (SSSR count). The summed E-state index contributed by atoms with van der Waals surface area (Å²) in [5.41, 5.74) is 1.68. The molecule has 0 fully saturated rings. The number of nitrogens with zero attached hydrogens (tertiary/aromatic N) is 1. The first kappa shape index (κ1) is 21.3. The number of cyclic esters (lactones) is 1. The molecule has 8 nitrogen and oxygen atoms in total. The summed E-state index contributed by atoms with van der Waals surface area (Å²) in [6.45, 7) is 1.84. The minimum atomic E-state index is -0.621. The van der Waals surface area contributed by atoms with E-state index in [1.54, 1.807) is 6.20 Å². The van der Waals surface area contributed by atoms with Gasteiger partial charge in [0.15, 0.2) is 0 Å². The highest BCUT2D eigenvalue weighted by molar-refractivity contribution is 5.92. The molecule has 30 heavy (non-hydrogen) atoms. The Labute approximate surface area is 175 Å². The number of esters is 1. The molecule has 0 radical (unpaired) electrons. The van der Waals surface area contributed by atoms with Gasteiger partial charge in [0.25, 0.3) is 0 Å². The molecule has 1 aromatic carbocycles. The van der Waals surface area contributed by atoms with E-state index >= 15 is 0 Å². The number of imidazole rings is 1. The fourth-order valence-electron chi connectivity index (χ4n) is 3.20. The third-order valence-electron chi connectivity index (χ3n) is 4.78. The van der Waals surface area contributed by atoms with Crippen LogP contribution < -0.4 is 10.6 Å². The maximum atomic E-state index is 12.7. The predicted molar refractivity (Wildman–Crippen MR) is 111 cm³/mol. The van der Waals surface area contributed by atoms with Crippen LogP contribution in [0.1, 0.15) is 43.0 Å². The number of carbonyl (C=O) groups excluding carboxylic acids is 3. The van der Waals surface area contributed by atoms with Crippen molar-refractivity contribution in [3.05, 3.63) is 59.9 Å². The first-order chi connectivity index (χ1) is 14.5. The maximum absolute atomic E-state index is 12.7. The Balaban J connectivity index is 1.68. The Morgan fingerprint density at radius 3 is 2.77 bits per heavy atom. The number of aromatic amines is 1. The van der Waals surface area contributed by atoms with Crippen LogP contribution in [0, 0.1) is 12.8 Å². The third-order valence-corrected chi connectivity index (χ3v) is 4.78. The summed E-state index contributed by atoms with van der Waals surface area (Å²) in [4.78, 5) is 44.3. The molecule has 2 heterocycles. The fraction of sp³-hybridized carbons (Fsp3) is 0.364. The number of aromatic nitrogens is 2. The van der Waals surface area contributed by atoms with Crippen LogP contribution in [0.5, 0.6) is 0 Å². The molecule has 158 valence electrons. The van der Waals surface area contributed by atoms with E-state index in [2.05, 4.69) is 20.6 Å². The summed E-state index contributed by atoms with van der Waals surface area (Å²) in [5, 5.41) is 5.58. The molecule has 0 spiro atoms. The summed E-state index contributed by atoms with van der Waals surface area (Å²) < 4.78 is 5.51. The highest BCUT2D eigenvalue weighted by Gasteiger charge is 2.25. The largest absolute Gasteiger partial charge is 0.463 e. The molecule has 2 atom stereocenters. The van der Waals surface area contributed by atoms with Crippen molar-refractivity contribution < 1.29 is 19.1 Å². The zero-order valence-corrected chi connectivity index (χ0v) is 16.9. The van der Waals surface area contributed by atoms with Crippen LogP contribution in [0.15, 0.2) is 48.7 Å². The van der Waals surface area contributed by atoms with Gasteiger partial charge >= 0.3 is 5.97 Å². The molecule has 1 aromatic heterocycles. The van der Waals surface area contributed by atoms with Crippen LogP contribution in [0.25, 0.3) is 0 Å². The Bertz CT molecular complexity index is 907. The van der Waals surface area contributed by atoms with Crippen LogP contribution in [0.2, 0.25) is 0 Å². The number of hydrogen-bond donors (Lipinski definition) is 3. The number of amides is 2. The molecule has 1 aliphatic heterocycles. The van der Waals surface area contributed by atoms with Crippen molar-refractivity contribution in [3.63, 3.8) is 0 Å². The SMILES string of the molecule is Cc1cnc(NC(=O)C[C@@H]2C/C=C/CCC(=O)N[C@H](c3ccccc3)COC2=O)[nH]1. The second kappa shape index (κ2) is 10.4. The lowest BCUT2D eigenvalue weighted by atomic mass is 10.00. The Morgan fingerprint density at radius 1 is 1.23 bits per heavy atom. The van der Waals surface area contributed by atoms with Gasteiger partial charge in [0.2, 0.25) is 17.8 Å². The smallest absolute Gasteiger partial charge is 0.309 e. The number of ether oxygens (including phenoxy) is 1. The lowest BCUT2D eigenvalue weighted by Gasteiger charge is -2.21. The zero-order chi connectivity index (χ0) is 21.3. The van der Waals surface area contributed by atoms with E-state index in [4.69, 9.17) is 4.74 Å². The molecular formula is C22H26N4O4. The normalized spacial score (nSPS) is 21.5. The van der Waals surface area contributed by atoms with E-state index < -0.39 is 17.9 Å². The number of allylic oxidation sites excluding steroid dienone is 2. The first-order valence-electron chi connectivity index (χ1n) is 9.98. The number of aryl methyl sites for hydroxylation is 1. The van der Waals surface area contributed by atoms with Crippen LogP contribution in [0.4, 0.5) is 5.95 Å². The van der Waals surface area contributed by atoms with Crippen molar-refractivity contribution in [1.29, 1.82) is 0 Å². The fourth-order valence-corrected chi connectivity index (χ4v) is 3.20. The highest BCUT2D eigenvalue weighted by atomic mass is 16.5. The molecule has 2 amide bonds. The summed E-state index contributed by atoms with van der Waals surface area (Å²) in [7, 11) is 0. The molecule has 0 unspecified atom stereocenters. The van der Waals surface area contributed by atoms with Gasteiger partial charge in [0.05, 0.1) is 12.0 Å². The van der Waals surface area contributed by atoms with E-state index in [1.807, 2.05) is 49.4 Å². The van der Waals surface area contributed by atoms with Gasteiger partial charge in [0, 0.05) is 24.7 Å². The van der Waals surface area contributed by atoms with Crippen molar-refractivity contribution in [2.45, 2.75) is 38.6 Å². The molecule has 1 aliphatic rings. The van der Waals surface area contributed by atoms with Gasteiger partial charge < -0.3 is 15.0 Å². The van der Waals surface area contributed by atoms with E-state index in [1.165, 1.54) is 0 Å². The second-order valence-electron chi connectivity index (χ2n) is 7.27. The van der Waals surface area contributed by atoms with Gasteiger partial charge in [-0.2, -0.15) is 0 Å². The van der Waals surface area contributed by atoms with Crippen molar-refractivity contribution in [3.8, 4) is 0 Å². The van der Waals surface area contributed by atoms with Gasteiger partial charge in [-0.05, 0) is 25.3 Å². The molecule has 0 saturated heterocycles. The molecule has 8 heteroatoms. The average Bonchev–Trinajstić information content (AvgIpc) is 3.13. The third kappa shape index (κ3) is 6.30. The number of anilines is 1. The quantitative estimate of drug-likeness (QED) is 0.530. The van der Waals surface area contributed by atoms with Gasteiger partial charge in [0.1, 0.15) is 6.61 Å². The molecular weight excluding hydrogens is 384 g/mol. The summed E-state index contributed by atoms with van der Waals surface area (Å²) >= 11 is 0. The lowest BCUT2D eigenvalue weighted by molar-refractivity contribution is -0.151. The number of H-pyrrole nitrogens is 1. The van der Waals surface area contributed by atoms with E-state index in [-0.39, 0.29) is 24.8 Å². The topological polar surface area (TPSA) is 113 Å². The molecule has 0 bridgehead atoms. The van der Waals surface area contributed by atoms with Gasteiger partial charge in [-0.3, -0.25) is 19.7 Å². The van der Waals surface area contributed by atoms with Gasteiger partial charge in [-0.1, -0.05) is 42.5 Å². The summed E-state index contributed by atoms with van der Waals surface area (Å²) in [5.74, 6) is -1.17. The molecule has 0 saturated carbocycles. The van der Waals surface area contributed by atoms with Crippen molar-refractivity contribution in [2.75, 3.05) is 11.9 Å². The van der Waals surface area contributed by atoms with E-state index in [0.717, 1.165) is 11.3 Å². The summed E-state index contributed by atoms with van der Waals surface area (Å²) in [6, 6.07) is 8.93. The maximum Gasteiger partial charge on any atom is 0.309 e.